The fraction of sp³-hybridized carbons (Fsp3) is 0.389. The summed E-state index contributed by atoms with van der Waals surface area (Å²) in [7, 11) is 1.37. The van der Waals surface area contributed by atoms with Crippen molar-refractivity contribution in [2.24, 2.45) is 0 Å². The summed E-state index contributed by atoms with van der Waals surface area (Å²) in [4.78, 5) is 31.1. The lowest BCUT2D eigenvalue weighted by atomic mass is 10.2. The van der Waals surface area contributed by atoms with Crippen molar-refractivity contribution < 1.29 is 19.1 Å². The average Bonchev–Trinajstić information content (AvgIpc) is 3.02. The molecule has 0 radical (unpaired) electrons. The fourth-order valence-electron chi connectivity index (χ4n) is 2.66. The molecule has 2 aromatic rings. The first-order valence-corrected chi connectivity index (χ1v) is 9.17. The van der Waals surface area contributed by atoms with Gasteiger partial charge in [-0.3, -0.25) is 10.1 Å². The number of carbonyl (C=O) groups is 2. The highest BCUT2D eigenvalue weighted by molar-refractivity contribution is 7.15. The Labute approximate surface area is 155 Å². The van der Waals surface area contributed by atoms with Gasteiger partial charge in [-0.15, -0.1) is 0 Å². The summed E-state index contributed by atoms with van der Waals surface area (Å²) in [5, 5.41) is 3.36. The number of hydrogen-bond acceptors (Lipinski definition) is 6. The molecule has 1 aromatic heterocycles. The van der Waals surface area contributed by atoms with Crippen LogP contribution in [0.5, 0.6) is 5.75 Å². The van der Waals surface area contributed by atoms with Gasteiger partial charge < -0.3 is 14.4 Å². The van der Waals surface area contributed by atoms with Crippen LogP contribution >= 0.6 is 11.3 Å². The molecular formula is C18H21N3O4S. The Hall–Kier alpha value is -2.61. The van der Waals surface area contributed by atoms with E-state index in [1.165, 1.54) is 18.4 Å². The van der Waals surface area contributed by atoms with Crippen LogP contribution in [0, 0.1) is 0 Å². The predicted molar refractivity (Wildman–Crippen MR) is 98.8 cm³/mol. The van der Waals surface area contributed by atoms with Crippen molar-refractivity contribution in [2.45, 2.75) is 32.9 Å². The van der Waals surface area contributed by atoms with E-state index < -0.39 is 0 Å². The van der Waals surface area contributed by atoms with Crippen molar-refractivity contribution in [1.82, 2.24) is 9.88 Å². The molecule has 0 saturated carbocycles. The third kappa shape index (κ3) is 4.13. The maximum absolute atomic E-state index is 12.4. The lowest BCUT2D eigenvalue weighted by Crippen LogP contribution is -2.35. The van der Waals surface area contributed by atoms with Crippen molar-refractivity contribution in [3.8, 4) is 5.75 Å². The lowest BCUT2D eigenvalue weighted by molar-refractivity contribution is 0.102. The van der Waals surface area contributed by atoms with Crippen LogP contribution in [0.3, 0.4) is 0 Å². The van der Waals surface area contributed by atoms with Gasteiger partial charge in [0.25, 0.3) is 5.91 Å². The van der Waals surface area contributed by atoms with Crippen LogP contribution in [0.1, 0.15) is 34.8 Å². The summed E-state index contributed by atoms with van der Waals surface area (Å²) >= 11 is 1.38. The van der Waals surface area contributed by atoms with Crippen molar-refractivity contribution in [1.29, 1.82) is 0 Å². The van der Waals surface area contributed by atoms with Crippen molar-refractivity contribution >= 4 is 28.5 Å². The molecule has 1 aliphatic heterocycles. The first kappa shape index (κ1) is 18.2. The van der Waals surface area contributed by atoms with Crippen LogP contribution in [0.15, 0.2) is 24.3 Å². The van der Waals surface area contributed by atoms with Gasteiger partial charge in [0.05, 0.1) is 25.5 Å². The first-order valence-electron chi connectivity index (χ1n) is 8.36. The number of thiazole rings is 1. The minimum absolute atomic E-state index is 0.0841. The molecule has 0 spiro atoms. The van der Waals surface area contributed by atoms with Gasteiger partial charge >= 0.3 is 6.09 Å². The number of nitrogens with one attached hydrogen (secondary N) is 1. The number of carbonyl (C=O) groups excluding carboxylic acids is 2. The molecule has 2 amide bonds. The van der Waals surface area contributed by atoms with Gasteiger partial charge in [-0.25, -0.2) is 9.78 Å². The van der Waals surface area contributed by atoms with E-state index in [1.807, 2.05) is 13.8 Å². The molecule has 0 aliphatic carbocycles. The fourth-order valence-corrected chi connectivity index (χ4v) is 3.68. The number of hydrogen-bond donors (Lipinski definition) is 1. The molecule has 0 unspecified atom stereocenters. The summed E-state index contributed by atoms with van der Waals surface area (Å²) in [5.74, 6) is 0.501. The molecule has 2 heterocycles. The highest BCUT2D eigenvalue weighted by atomic mass is 32.1. The maximum Gasteiger partial charge on any atom is 0.409 e. The zero-order valence-electron chi connectivity index (χ0n) is 14.9. The van der Waals surface area contributed by atoms with E-state index in [2.05, 4.69) is 10.3 Å². The van der Waals surface area contributed by atoms with Crippen LogP contribution in [0.2, 0.25) is 0 Å². The third-order valence-corrected chi connectivity index (χ3v) is 4.87. The quantitative estimate of drug-likeness (QED) is 0.887. The molecule has 0 bridgehead atoms. The number of ether oxygens (including phenoxy) is 2. The number of benzene rings is 1. The van der Waals surface area contributed by atoms with E-state index in [0.29, 0.717) is 30.2 Å². The summed E-state index contributed by atoms with van der Waals surface area (Å²) < 4.78 is 10.3. The first-order chi connectivity index (χ1) is 12.5. The molecule has 1 aliphatic rings. The average molecular weight is 375 g/mol. The van der Waals surface area contributed by atoms with Crippen LogP contribution in [0.25, 0.3) is 0 Å². The minimum atomic E-state index is -0.349. The van der Waals surface area contributed by atoms with Gasteiger partial charge in [0.15, 0.2) is 5.13 Å². The minimum Gasteiger partial charge on any atom is -0.491 e. The molecular weight excluding hydrogens is 354 g/mol. The van der Waals surface area contributed by atoms with E-state index in [9.17, 15) is 9.59 Å². The Balaban J connectivity index is 1.65. The molecule has 7 nitrogen and oxygen atoms in total. The summed E-state index contributed by atoms with van der Waals surface area (Å²) in [5.41, 5.74) is 1.46. The topological polar surface area (TPSA) is 80.8 Å². The van der Waals surface area contributed by atoms with Gasteiger partial charge in [-0.2, -0.15) is 0 Å². The van der Waals surface area contributed by atoms with Gasteiger partial charge in [0.1, 0.15) is 5.75 Å². The molecule has 8 heteroatoms. The largest absolute Gasteiger partial charge is 0.491 e. The smallest absolute Gasteiger partial charge is 0.409 e. The SMILES string of the molecule is COC(=O)N1CCc2nc(NC(=O)c3ccc(OC(C)C)cc3)sc2C1. The Morgan fingerprint density at radius 1 is 1.27 bits per heavy atom. The lowest BCUT2D eigenvalue weighted by Gasteiger charge is -2.24. The Bertz CT molecular complexity index is 801. The predicted octanol–water partition coefficient (Wildman–Crippen LogP) is 3.31. The van der Waals surface area contributed by atoms with Crippen LogP contribution in [-0.2, 0) is 17.7 Å². The Kier molecular flexibility index (Phi) is 5.41. The highest BCUT2D eigenvalue weighted by Crippen LogP contribution is 2.29. The second-order valence-corrected chi connectivity index (χ2v) is 7.26. The van der Waals surface area contributed by atoms with Gasteiger partial charge in [0.2, 0.25) is 0 Å². The molecule has 26 heavy (non-hydrogen) atoms. The number of nitrogens with zero attached hydrogens (tertiary/aromatic N) is 2. The van der Waals surface area contributed by atoms with Crippen molar-refractivity contribution in [3.63, 3.8) is 0 Å². The second kappa shape index (κ2) is 7.74. The molecule has 0 fully saturated rings. The second-order valence-electron chi connectivity index (χ2n) is 6.18. The molecule has 3 rings (SSSR count). The highest BCUT2D eigenvalue weighted by Gasteiger charge is 2.25. The number of rotatable bonds is 4. The molecule has 138 valence electrons. The zero-order valence-corrected chi connectivity index (χ0v) is 15.8. The molecule has 0 saturated heterocycles. The molecule has 1 aromatic carbocycles. The van der Waals surface area contributed by atoms with Crippen LogP contribution < -0.4 is 10.1 Å². The van der Waals surface area contributed by atoms with E-state index in [1.54, 1.807) is 29.2 Å². The summed E-state index contributed by atoms with van der Waals surface area (Å²) in [6.07, 6.45) is 0.386. The third-order valence-electron chi connectivity index (χ3n) is 3.87. The van der Waals surface area contributed by atoms with Gasteiger partial charge in [-0.05, 0) is 38.1 Å². The zero-order chi connectivity index (χ0) is 18.7. The molecule has 1 N–H and O–H groups in total. The number of anilines is 1. The number of amides is 2. The van der Waals surface area contributed by atoms with Crippen LogP contribution in [0.4, 0.5) is 9.93 Å². The van der Waals surface area contributed by atoms with Gasteiger partial charge in [0, 0.05) is 23.4 Å². The van der Waals surface area contributed by atoms with Gasteiger partial charge in [-0.1, -0.05) is 11.3 Å². The van der Waals surface area contributed by atoms with Crippen molar-refractivity contribution in [3.05, 3.63) is 40.4 Å². The van der Waals surface area contributed by atoms with Crippen molar-refractivity contribution in [2.75, 3.05) is 19.0 Å². The Morgan fingerprint density at radius 2 is 2.00 bits per heavy atom. The number of aromatic nitrogens is 1. The van der Waals surface area contributed by atoms with E-state index >= 15 is 0 Å². The Morgan fingerprint density at radius 3 is 2.65 bits per heavy atom. The normalized spacial score (nSPS) is 13.3. The van der Waals surface area contributed by atoms with Crippen LogP contribution in [-0.4, -0.2) is 41.6 Å². The molecule has 0 atom stereocenters. The van der Waals surface area contributed by atoms with E-state index in [-0.39, 0.29) is 18.1 Å². The maximum atomic E-state index is 12.4. The number of fused-ring (bicyclic) bond motifs is 1. The summed E-state index contributed by atoms with van der Waals surface area (Å²) in [6.45, 7) is 4.92. The number of methoxy groups -OCH3 is 1. The monoisotopic (exact) mass is 375 g/mol. The standard InChI is InChI=1S/C18H21N3O4S/c1-11(2)25-13-6-4-12(5-7-13)16(22)20-17-19-14-8-9-21(18(23)24-3)10-15(14)26-17/h4-7,11H,8-10H2,1-3H3,(H,19,20,22). The van der Waals surface area contributed by atoms with E-state index in [0.717, 1.165) is 16.3 Å². The van der Waals surface area contributed by atoms with E-state index in [4.69, 9.17) is 9.47 Å². The summed E-state index contributed by atoms with van der Waals surface area (Å²) in [6, 6.07) is 6.99.